The molecule has 150 valence electrons. The molecule has 4 N–H and O–H groups in total. The number of hydrogen-bond acceptors (Lipinski definition) is 4. The van der Waals surface area contributed by atoms with Gasteiger partial charge in [0.25, 0.3) is 0 Å². The lowest BCUT2D eigenvalue weighted by Gasteiger charge is -2.66. The first-order chi connectivity index (χ1) is 11.4. The van der Waals surface area contributed by atoms with Gasteiger partial charge in [-0.2, -0.15) is 13.2 Å². The summed E-state index contributed by atoms with van der Waals surface area (Å²) in [4.78, 5) is 12.9. The number of hydrogen-bond donors (Lipinski definition) is 4. The predicted molar refractivity (Wildman–Crippen MR) is 87.0 cm³/mol. The van der Waals surface area contributed by atoms with Gasteiger partial charge in [0.1, 0.15) is 5.41 Å². The fourth-order valence-electron chi connectivity index (χ4n) is 5.87. The Morgan fingerprint density at radius 2 is 1.15 bits per heavy atom. The van der Waals surface area contributed by atoms with Crippen molar-refractivity contribution in [3.05, 3.63) is 0 Å². The second kappa shape index (κ2) is 4.94. The number of carbonyl (C=O) groups excluding carboxylic acids is 1. The van der Waals surface area contributed by atoms with Crippen LogP contribution in [0.4, 0.5) is 13.2 Å². The maximum absolute atomic E-state index is 13.8. The number of alkyl halides is 3. The van der Waals surface area contributed by atoms with E-state index >= 15 is 0 Å². The Hall–Kier alpha value is -0.860. The Morgan fingerprint density at radius 1 is 0.808 bits per heavy atom. The van der Waals surface area contributed by atoms with Crippen molar-refractivity contribution in [2.45, 2.75) is 94.7 Å². The van der Waals surface area contributed by atoms with Crippen molar-refractivity contribution >= 4 is 5.91 Å². The quantitative estimate of drug-likeness (QED) is 0.591. The lowest BCUT2D eigenvalue weighted by Crippen LogP contribution is -2.76. The Kier molecular flexibility index (Phi) is 3.78. The number of aliphatic hydroxyl groups is 3. The molecule has 1 atom stereocenters. The molecule has 0 aromatic heterocycles. The number of carbonyl (C=O) groups is 1. The average Bonchev–Trinajstić information content (AvgIpc) is 2.27. The maximum atomic E-state index is 13.8. The molecule has 5 nitrogen and oxygen atoms in total. The van der Waals surface area contributed by atoms with E-state index in [0.717, 1.165) is 6.92 Å². The first-order valence-corrected chi connectivity index (χ1v) is 8.93. The second-order valence-electron chi connectivity index (χ2n) is 10.3. The van der Waals surface area contributed by atoms with Gasteiger partial charge in [0.15, 0.2) is 0 Å². The van der Waals surface area contributed by atoms with E-state index in [1.807, 2.05) is 0 Å². The zero-order valence-corrected chi connectivity index (χ0v) is 15.6. The first kappa shape index (κ1) is 19.9. The summed E-state index contributed by atoms with van der Waals surface area (Å²) < 4.78 is 41.5. The van der Waals surface area contributed by atoms with Gasteiger partial charge in [-0.05, 0) is 31.6 Å². The van der Waals surface area contributed by atoms with Crippen LogP contribution in [0.1, 0.15) is 66.2 Å². The summed E-state index contributed by atoms with van der Waals surface area (Å²) in [5, 5.41) is 34.7. The van der Waals surface area contributed by atoms with Crippen molar-refractivity contribution in [3.63, 3.8) is 0 Å². The van der Waals surface area contributed by atoms with Gasteiger partial charge in [-0.1, -0.05) is 20.8 Å². The van der Waals surface area contributed by atoms with Crippen molar-refractivity contribution in [2.24, 2.45) is 10.8 Å². The smallest absolute Gasteiger partial charge is 0.390 e. The van der Waals surface area contributed by atoms with Gasteiger partial charge in [-0.15, -0.1) is 0 Å². The van der Waals surface area contributed by atoms with Gasteiger partial charge >= 0.3 is 6.18 Å². The summed E-state index contributed by atoms with van der Waals surface area (Å²) in [6, 6.07) is 0. The molecule has 4 saturated carbocycles. The van der Waals surface area contributed by atoms with Crippen LogP contribution in [0.3, 0.4) is 0 Å². The zero-order valence-electron chi connectivity index (χ0n) is 15.6. The molecule has 4 rings (SSSR count). The molecule has 1 unspecified atom stereocenters. The number of rotatable bonds is 2. The van der Waals surface area contributed by atoms with Gasteiger partial charge in [0.05, 0.1) is 16.8 Å². The lowest BCUT2D eigenvalue weighted by atomic mass is 9.47. The topological polar surface area (TPSA) is 89.8 Å². The summed E-state index contributed by atoms with van der Waals surface area (Å²) in [6.07, 6.45) is -4.47. The van der Waals surface area contributed by atoms with Crippen LogP contribution in [0.5, 0.6) is 0 Å². The fourth-order valence-corrected chi connectivity index (χ4v) is 5.87. The van der Waals surface area contributed by atoms with Gasteiger partial charge in [0, 0.05) is 24.8 Å². The van der Waals surface area contributed by atoms with Crippen molar-refractivity contribution in [1.29, 1.82) is 0 Å². The SMILES string of the molecule is CC(C)(C)C(C)(C(=O)NC12CC3(O)CC(O)(CC(O)(C3)C1)C2)C(F)(F)F. The summed E-state index contributed by atoms with van der Waals surface area (Å²) >= 11 is 0. The van der Waals surface area contributed by atoms with Crippen molar-refractivity contribution in [1.82, 2.24) is 5.32 Å². The monoisotopic (exact) mass is 379 g/mol. The Labute approximate surface area is 151 Å². The molecule has 4 bridgehead atoms. The summed E-state index contributed by atoms with van der Waals surface area (Å²) in [5.74, 6) is -1.18. The highest BCUT2D eigenvalue weighted by molar-refractivity contribution is 5.85. The van der Waals surface area contributed by atoms with E-state index in [1.165, 1.54) is 20.8 Å². The highest BCUT2D eigenvalue weighted by atomic mass is 19.4. The van der Waals surface area contributed by atoms with Gasteiger partial charge in [-0.25, -0.2) is 0 Å². The average molecular weight is 379 g/mol. The minimum absolute atomic E-state index is 0.0362. The molecule has 4 aliphatic rings. The van der Waals surface area contributed by atoms with Crippen LogP contribution in [-0.2, 0) is 4.79 Å². The summed E-state index contributed by atoms with van der Waals surface area (Å²) in [6.45, 7) is 4.94. The number of nitrogens with one attached hydrogen (secondary N) is 1. The summed E-state index contributed by atoms with van der Waals surface area (Å²) in [5.41, 5.74) is -9.47. The Morgan fingerprint density at radius 3 is 1.42 bits per heavy atom. The molecule has 0 aromatic rings. The second-order valence-corrected chi connectivity index (χ2v) is 10.3. The van der Waals surface area contributed by atoms with E-state index in [0.29, 0.717) is 0 Å². The molecule has 0 heterocycles. The predicted octanol–water partition coefficient (Wildman–Crippen LogP) is 2.03. The Bertz CT molecular complexity index is 572. The van der Waals surface area contributed by atoms with Gasteiger partial charge < -0.3 is 20.6 Å². The van der Waals surface area contributed by atoms with Crippen LogP contribution in [0.25, 0.3) is 0 Å². The molecular formula is C18H28F3NO4. The first-order valence-electron chi connectivity index (χ1n) is 8.93. The Balaban J connectivity index is 1.97. The molecule has 26 heavy (non-hydrogen) atoms. The van der Waals surface area contributed by atoms with E-state index < -0.39 is 45.3 Å². The third-order valence-corrected chi connectivity index (χ3v) is 6.88. The molecule has 4 aliphatic carbocycles. The van der Waals surface area contributed by atoms with Crippen molar-refractivity contribution < 1.29 is 33.3 Å². The normalized spacial score (nSPS) is 44.7. The number of amides is 1. The standard InChI is InChI=1S/C18H28F3NO4/c1-12(2,3)13(4,18(19,20)21)11(23)22-14-5-15(24)8-16(25,6-14)10-17(26,7-14)9-15/h24-26H,5-10H2,1-4H3,(H,22,23). The van der Waals surface area contributed by atoms with E-state index in [1.54, 1.807) is 0 Å². The van der Waals surface area contributed by atoms with E-state index in [2.05, 4.69) is 5.32 Å². The third-order valence-electron chi connectivity index (χ3n) is 6.88. The molecule has 1 amide bonds. The largest absolute Gasteiger partial charge is 0.403 e. The molecule has 8 heteroatoms. The molecule has 0 aliphatic heterocycles. The van der Waals surface area contributed by atoms with Crippen LogP contribution in [0.15, 0.2) is 0 Å². The summed E-state index contributed by atoms with van der Waals surface area (Å²) in [7, 11) is 0. The molecule has 0 aromatic carbocycles. The van der Waals surface area contributed by atoms with Crippen LogP contribution in [0.2, 0.25) is 0 Å². The molecule has 0 spiro atoms. The molecular weight excluding hydrogens is 351 g/mol. The molecule has 4 fully saturated rings. The fraction of sp³-hybridized carbons (Fsp3) is 0.944. The van der Waals surface area contributed by atoms with Gasteiger partial charge in [-0.3, -0.25) is 4.79 Å². The third kappa shape index (κ3) is 2.76. The van der Waals surface area contributed by atoms with Crippen LogP contribution < -0.4 is 5.32 Å². The lowest BCUT2D eigenvalue weighted by molar-refractivity contribution is -0.268. The minimum Gasteiger partial charge on any atom is -0.390 e. The maximum Gasteiger partial charge on any atom is 0.403 e. The van der Waals surface area contributed by atoms with E-state index in [4.69, 9.17) is 0 Å². The number of halogens is 3. The van der Waals surface area contributed by atoms with E-state index in [9.17, 15) is 33.3 Å². The van der Waals surface area contributed by atoms with E-state index in [-0.39, 0.29) is 38.5 Å². The highest BCUT2D eigenvalue weighted by Gasteiger charge is 2.70. The highest BCUT2D eigenvalue weighted by Crippen LogP contribution is 2.61. The van der Waals surface area contributed by atoms with Crippen LogP contribution in [-0.4, -0.2) is 49.7 Å². The van der Waals surface area contributed by atoms with Crippen molar-refractivity contribution in [3.8, 4) is 0 Å². The van der Waals surface area contributed by atoms with Crippen LogP contribution in [0, 0.1) is 10.8 Å². The minimum atomic E-state index is -4.78. The van der Waals surface area contributed by atoms with Crippen molar-refractivity contribution in [2.75, 3.05) is 0 Å². The molecule has 0 saturated heterocycles. The van der Waals surface area contributed by atoms with Crippen LogP contribution >= 0.6 is 0 Å². The zero-order chi connectivity index (χ0) is 20.0. The van der Waals surface area contributed by atoms with Gasteiger partial charge in [0.2, 0.25) is 5.91 Å². The molecule has 0 radical (unpaired) electrons.